The average Bonchev–Trinajstić information content (AvgIpc) is 2.53. The molecule has 1 rings (SSSR count). The smallest absolute Gasteiger partial charge is 0.149 e. The quantitative estimate of drug-likeness (QED) is 0.372. The molecule has 23 heavy (non-hydrogen) atoms. The summed E-state index contributed by atoms with van der Waals surface area (Å²) in [6, 6.07) is 0.233. The summed E-state index contributed by atoms with van der Waals surface area (Å²) in [4.78, 5) is 14.2. The highest BCUT2D eigenvalue weighted by Crippen LogP contribution is 2.19. The van der Waals surface area contributed by atoms with E-state index in [1.807, 2.05) is 0 Å². The van der Waals surface area contributed by atoms with Gasteiger partial charge in [0.25, 0.3) is 0 Å². The van der Waals surface area contributed by atoms with Crippen molar-refractivity contribution in [2.75, 3.05) is 13.6 Å². The first kappa shape index (κ1) is 22.9. The van der Waals surface area contributed by atoms with E-state index in [1.165, 1.54) is 77.0 Å². The third-order valence-corrected chi connectivity index (χ3v) is 5.17. The number of carbonyl (C=O) groups is 1. The molecule has 0 N–H and O–H groups in total. The lowest BCUT2D eigenvalue weighted by Crippen LogP contribution is -2.40. The van der Waals surface area contributed by atoms with Gasteiger partial charge in [0, 0.05) is 6.42 Å². The van der Waals surface area contributed by atoms with Gasteiger partial charge in [0.15, 0.2) is 0 Å². The summed E-state index contributed by atoms with van der Waals surface area (Å²) in [5, 5.41) is 0. The fourth-order valence-corrected chi connectivity index (χ4v) is 3.61. The third kappa shape index (κ3) is 11.2. The summed E-state index contributed by atoms with van der Waals surface area (Å²) in [5.74, 6) is 0.483. The summed E-state index contributed by atoms with van der Waals surface area (Å²) >= 11 is 0. The second-order valence-corrected chi connectivity index (χ2v) is 7.24. The molecule has 0 aromatic rings. The van der Waals surface area contributed by atoms with Gasteiger partial charge < -0.3 is 0 Å². The summed E-state index contributed by atoms with van der Waals surface area (Å²) in [6.07, 6.45) is 19.5. The summed E-state index contributed by atoms with van der Waals surface area (Å²) in [7, 11) is 2.14. The predicted molar refractivity (Wildman–Crippen MR) is 104 cm³/mol. The fourth-order valence-electron chi connectivity index (χ4n) is 3.61. The molecule has 2 nitrogen and oxygen atoms in total. The van der Waals surface area contributed by atoms with Crippen LogP contribution in [0.5, 0.6) is 0 Å². The monoisotopic (exact) mass is 345 g/mol. The Labute approximate surface area is 151 Å². The second kappa shape index (κ2) is 15.4. The highest BCUT2D eigenvalue weighted by molar-refractivity contribution is 5.85. The number of hydrogen-bond acceptors (Lipinski definition) is 2. The minimum atomic E-state index is 0. The van der Waals surface area contributed by atoms with Gasteiger partial charge in [-0.05, 0) is 32.9 Å². The van der Waals surface area contributed by atoms with Crippen LogP contribution in [0.1, 0.15) is 103 Å². The van der Waals surface area contributed by atoms with Crippen LogP contribution in [0.3, 0.4) is 0 Å². The number of rotatable bonds is 13. The minimum Gasteiger partial charge on any atom is -0.298 e. The molecule has 0 aliphatic heterocycles. The molecule has 0 aromatic heterocycles. The second-order valence-electron chi connectivity index (χ2n) is 7.24. The van der Waals surface area contributed by atoms with Crippen molar-refractivity contribution in [2.45, 2.75) is 109 Å². The molecular formula is C20H40ClNO. The van der Waals surface area contributed by atoms with Gasteiger partial charge in [-0.15, -0.1) is 12.4 Å². The van der Waals surface area contributed by atoms with Gasteiger partial charge in [-0.2, -0.15) is 0 Å². The van der Waals surface area contributed by atoms with Crippen molar-refractivity contribution < 1.29 is 4.79 Å². The van der Waals surface area contributed by atoms with E-state index < -0.39 is 0 Å². The van der Waals surface area contributed by atoms with Crippen molar-refractivity contribution >= 4 is 18.2 Å². The predicted octanol–water partition coefficient (Wildman–Crippen LogP) is 6.16. The van der Waals surface area contributed by atoms with Crippen LogP contribution in [-0.4, -0.2) is 30.3 Å². The minimum absolute atomic E-state index is 0. The molecule has 1 aliphatic rings. The summed E-state index contributed by atoms with van der Waals surface area (Å²) in [6.45, 7) is 3.38. The molecule has 0 heterocycles. The molecule has 138 valence electrons. The van der Waals surface area contributed by atoms with Crippen molar-refractivity contribution in [2.24, 2.45) is 0 Å². The number of hydrogen-bond donors (Lipinski definition) is 0. The lowest BCUT2D eigenvalue weighted by atomic mass is 9.93. The Bertz CT molecular complexity index is 283. The first-order valence-corrected chi connectivity index (χ1v) is 9.98. The Morgan fingerprint density at radius 2 is 1.39 bits per heavy atom. The number of Topliss-reactive ketones (excluding diaryl/α,β-unsaturated/α-hetero) is 1. The summed E-state index contributed by atoms with van der Waals surface area (Å²) in [5.41, 5.74) is 0. The van der Waals surface area contributed by atoms with Crippen molar-refractivity contribution in [3.63, 3.8) is 0 Å². The number of carbonyl (C=O) groups excluding carboxylic acids is 1. The fraction of sp³-hybridized carbons (Fsp3) is 0.950. The molecule has 0 amide bonds. The van der Waals surface area contributed by atoms with Gasteiger partial charge in [0.1, 0.15) is 5.78 Å². The van der Waals surface area contributed by atoms with E-state index in [9.17, 15) is 4.79 Å². The zero-order valence-electron chi connectivity index (χ0n) is 15.7. The maximum absolute atomic E-state index is 11.9. The Hall–Kier alpha value is -0.0800. The van der Waals surface area contributed by atoms with Gasteiger partial charge in [-0.25, -0.2) is 0 Å². The zero-order chi connectivity index (χ0) is 16.0. The van der Waals surface area contributed by atoms with Crippen LogP contribution < -0.4 is 0 Å². The van der Waals surface area contributed by atoms with Crippen molar-refractivity contribution in [1.82, 2.24) is 4.90 Å². The molecule has 1 aliphatic carbocycles. The van der Waals surface area contributed by atoms with E-state index in [-0.39, 0.29) is 18.4 Å². The topological polar surface area (TPSA) is 20.3 Å². The standard InChI is InChI=1S/C20H39NO.ClH/c1-3-4-5-6-7-8-9-10-11-12-15-18-21(2)19-16-13-14-17-20(19)22;/h19H,3-18H2,1-2H3;1H. The highest BCUT2D eigenvalue weighted by atomic mass is 35.5. The van der Waals surface area contributed by atoms with Crippen LogP contribution in [0.25, 0.3) is 0 Å². The largest absolute Gasteiger partial charge is 0.298 e. The number of unbranched alkanes of at least 4 members (excludes halogenated alkanes) is 10. The Morgan fingerprint density at radius 1 is 0.870 bits per heavy atom. The van der Waals surface area contributed by atoms with E-state index in [2.05, 4.69) is 18.9 Å². The molecule has 1 unspecified atom stereocenters. The van der Waals surface area contributed by atoms with Gasteiger partial charge in [0.2, 0.25) is 0 Å². The number of ketones is 1. The van der Waals surface area contributed by atoms with E-state index >= 15 is 0 Å². The normalized spacial score (nSPS) is 18.2. The number of likely N-dealkylation sites (N-methyl/N-ethyl adjacent to an activating group) is 1. The lowest BCUT2D eigenvalue weighted by molar-refractivity contribution is -0.125. The zero-order valence-corrected chi connectivity index (χ0v) is 16.5. The van der Waals surface area contributed by atoms with E-state index in [0.29, 0.717) is 5.78 Å². The number of nitrogens with zero attached hydrogens (tertiary/aromatic N) is 1. The SMILES string of the molecule is CCCCCCCCCCCCCN(C)C1CCCCC1=O.Cl. The molecular weight excluding hydrogens is 306 g/mol. The third-order valence-electron chi connectivity index (χ3n) is 5.17. The van der Waals surface area contributed by atoms with E-state index in [1.54, 1.807) is 0 Å². The Balaban J connectivity index is 0.00000484. The molecule has 0 radical (unpaired) electrons. The van der Waals surface area contributed by atoms with Crippen molar-refractivity contribution in [3.05, 3.63) is 0 Å². The highest BCUT2D eigenvalue weighted by Gasteiger charge is 2.25. The van der Waals surface area contributed by atoms with Crippen LogP contribution in [0.2, 0.25) is 0 Å². The van der Waals surface area contributed by atoms with Crippen LogP contribution in [0.15, 0.2) is 0 Å². The molecule has 1 saturated carbocycles. The Morgan fingerprint density at radius 3 is 1.91 bits per heavy atom. The molecule has 0 aromatic carbocycles. The lowest BCUT2D eigenvalue weighted by Gasteiger charge is -2.29. The van der Waals surface area contributed by atoms with Gasteiger partial charge >= 0.3 is 0 Å². The molecule has 0 saturated heterocycles. The van der Waals surface area contributed by atoms with Gasteiger partial charge in [0.05, 0.1) is 6.04 Å². The van der Waals surface area contributed by atoms with Crippen LogP contribution in [0.4, 0.5) is 0 Å². The number of halogens is 1. The molecule has 0 spiro atoms. The average molecular weight is 346 g/mol. The molecule has 1 fully saturated rings. The van der Waals surface area contributed by atoms with Crippen LogP contribution in [-0.2, 0) is 4.79 Å². The summed E-state index contributed by atoms with van der Waals surface area (Å²) < 4.78 is 0. The molecule has 1 atom stereocenters. The molecule has 0 bridgehead atoms. The van der Waals surface area contributed by atoms with E-state index in [4.69, 9.17) is 0 Å². The maximum Gasteiger partial charge on any atom is 0.149 e. The van der Waals surface area contributed by atoms with Crippen LogP contribution >= 0.6 is 12.4 Å². The Kier molecular flexibility index (Phi) is 15.4. The molecule has 3 heteroatoms. The maximum atomic E-state index is 11.9. The first-order chi connectivity index (χ1) is 10.8. The van der Waals surface area contributed by atoms with Gasteiger partial charge in [-0.3, -0.25) is 9.69 Å². The van der Waals surface area contributed by atoms with Gasteiger partial charge in [-0.1, -0.05) is 77.6 Å². The van der Waals surface area contributed by atoms with E-state index in [0.717, 1.165) is 25.8 Å². The van der Waals surface area contributed by atoms with Crippen molar-refractivity contribution in [1.29, 1.82) is 0 Å². The first-order valence-electron chi connectivity index (χ1n) is 9.98. The van der Waals surface area contributed by atoms with Crippen molar-refractivity contribution in [3.8, 4) is 0 Å². The van der Waals surface area contributed by atoms with Crippen LogP contribution in [0, 0.1) is 0 Å².